The minimum atomic E-state index is -4.50. The first-order valence-corrected chi connectivity index (χ1v) is 4.43. The fraction of sp³-hybridized carbons (Fsp3) is 0.778. The third kappa shape index (κ3) is 2.27. The average Bonchev–Trinajstić information content (AvgIpc) is 2.08. The second-order valence-electron chi connectivity index (χ2n) is 3.81. The van der Waals surface area contributed by atoms with Crippen LogP contribution >= 0.6 is 0 Å². The molecule has 1 aliphatic heterocycles. The van der Waals surface area contributed by atoms with Crippen LogP contribution in [0.25, 0.3) is 0 Å². The zero-order valence-corrected chi connectivity index (χ0v) is 8.06. The van der Waals surface area contributed by atoms with Crippen LogP contribution in [0.1, 0.15) is 12.8 Å². The summed E-state index contributed by atoms with van der Waals surface area (Å²) in [6.07, 6.45) is -4.30. The zero-order valence-electron chi connectivity index (χ0n) is 8.06. The van der Waals surface area contributed by atoms with Gasteiger partial charge in [0.25, 0.3) is 0 Å². The van der Waals surface area contributed by atoms with Crippen molar-refractivity contribution in [2.75, 3.05) is 20.1 Å². The molecule has 1 rings (SSSR count). The van der Waals surface area contributed by atoms with Gasteiger partial charge in [-0.1, -0.05) is 6.58 Å². The Morgan fingerprint density at radius 3 is 2.14 bits per heavy atom. The van der Waals surface area contributed by atoms with E-state index in [0.29, 0.717) is 13.1 Å². The van der Waals surface area contributed by atoms with E-state index in [2.05, 4.69) is 6.58 Å². The van der Waals surface area contributed by atoms with E-state index >= 15 is 0 Å². The van der Waals surface area contributed by atoms with E-state index in [-0.39, 0.29) is 12.8 Å². The Hall–Kier alpha value is -0.550. The summed E-state index contributed by atoms with van der Waals surface area (Å²) >= 11 is 0. The van der Waals surface area contributed by atoms with Crippen molar-refractivity contribution >= 4 is 0 Å². The second kappa shape index (κ2) is 3.55. The fourth-order valence-electron chi connectivity index (χ4n) is 1.55. The highest BCUT2D eigenvalue weighted by atomic mass is 19.4. The summed E-state index contributed by atoms with van der Waals surface area (Å²) in [6, 6.07) is 0. The van der Waals surface area contributed by atoms with E-state index in [1.807, 2.05) is 11.9 Å². The molecular weight excluding hydrogens is 195 g/mol. The van der Waals surface area contributed by atoms with E-state index in [9.17, 15) is 18.3 Å². The number of hydrogen-bond donors (Lipinski definition) is 1. The smallest absolute Gasteiger partial charge is 0.385 e. The van der Waals surface area contributed by atoms with Crippen molar-refractivity contribution in [3.63, 3.8) is 0 Å². The molecule has 0 aromatic carbocycles. The highest BCUT2D eigenvalue weighted by Crippen LogP contribution is 2.38. The van der Waals surface area contributed by atoms with Crippen LogP contribution in [0.2, 0.25) is 0 Å². The summed E-state index contributed by atoms with van der Waals surface area (Å²) in [7, 11) is 1.82. The molecule has 1 N–H and O–H groups in total. The number of nitrogens with zero attached hydrogens (tertiary/aromatic N) is 1. The Balaban J connectivity index is 2.72. The molecule has 2 nitrogen and oxygen atoms in total. The first-order chi connectivity index (χ1) is 6.26. The Kier molecular flexibility index (Phi) is 2.92. The number of halogens is 3. The topological polar surface area (TPSA) is 23.5 Å². The Labute approximate surface area is 81.0 Å². The monoisotopic (exact) mass is 209 g/mol. The summed E-state index contributed by atoms with van der Waals surface area (Å²) < 4.78 is 36.9. The van der Waals surface area contributed by atoms with Gasteiger partial charge < -0.3 is 10.0 Å². The second-order valence-corrected chi connectivity index (χ2v) is 3.81. The molecule has 0 saturated carbocycles. The number of rotatable bonds is 1. The summed E-state index contributed by atoms with van der Waals surface area (Å²) in [5.74, 6) is 0. The minimum Gasteiger partial charge on any atom is -0.385 e. The predicted molar refractivity (Wildman–Crippen MR) is 46.9 cm³/mol. The molecule has 1 heterocycles. The standard InChI is InChI=1S/C9H14F3NO/c1-7(9(10,11)12)8(14)3-5-13(2)6-4-8/h14H,1,3-6H2,2H3. The number of alkyl halides is 3. The summed E-state index contributed by atoms with van der Waals surface area (Å²) in [6.45, 7) is 3.88. The molecule has 0 bridgehead atoms. The minimum absolute atomic E-state index is 0.0991. The molecule has 82 valence electrons. The van der Waals surface area contributed by atoms with E-state index in [0.717, 1.165) is 0 Å². The van der Waals surface area contributed by atoms with Crippen molar-refractivity contribution in [1.82, 2.24) is 4.90 Å². The van der Waals surface area contributed by atoms with Crippen LogP contribution in [0.5, 0.6) is 0 Å². The predicted octanol–water partition coefficient (Wildman–Crippen LogP) is 1.56. The van der Waals surface area contributed by atoms with Crippen LogP contribution in [-0.2, 0) is 0 Å². The van der Waals surface area contributed by atoms with E-state index in [1.54, 1.807) is 0 Å². The van der Waals surface area contributed by atoms with E-state index in [4.69, 9.17) is 0 Å². The van der Waals surface area contributed by atoms with Gasteiger partial charge in [-0.2, -0.15) is 13.2 Å². The lowest BCUT2D eigenvalue weighted by atomic mass is 9.84. The first kappa shape index (κ1) is 11.5. The lowest BCUT2D eigenvalue weighted by Crippen LogP contribution is -2.46. The lowest BCUT2D eigenvalue weighted by molar-refractivity contribution is -0.127. The van der Waals surface area contributed by atoms with Crippen molar-refractivity contribution in [2.24, 2.45) is 0 Å². The largest absolute Gasteiger partial charge is 0.414 e. The van der Waals surface area contributed by atoms with Crippen molar-refractivity contribution in [3.8, 4) is 0 Å². The highest BCUT2D eigenvalue weighted by Gasteiger charge is 2.46. The first-order valence-electron chi connectivity index (χ1n) is 4.43. The van der Waals surface area contributed by atoms with Crippen molar-refractivity contribution < 1.29 is 18.3 Å². The van der Waals surface area contributed by atoms with Gasteiger partial charge in [-0.15, -0.1) is 0 Å². The molecule has 0 aliphatic carbocycles. The van der Waals surface area contributed by atoms with Crippen LogP contribution in [0, 0.1) is 0 Å². The number of aliphatic hydroxyl groups is 1. The Morgan fingerprint density at radius 2 is 1.79 bits per heavy atom. The van der Waals surface area contributed by atoms with Gasteiger partial charge in [0.05, 0.1) is 11.2 Å². The third-order valence-electron chi connectivity index (χ3n) is 2.72. The Morgan fingerprint density at radius 1 is 1.36 bits per heavy atom. The molecule has 0 unspecified atom stereocenters. The highest BCUT2D eigenvalue weighted by molar-refractivity contribution is 5.19. The van der Waals surface area contributed by atoms with Gasteiger partial charge in [0.2, 0.25) is 0 Å². The maximum Gasteiger partial charge on any atom is 0.414 e. The molecule has 0 radical (unpaired) electrons. The molecule has 0 aromatic rings. The molecule has 1 fully saturated rings. The SMILES string of the molecule is C=C(C(F)(F)F)C1(O)CCN(C)CC1. The van der Waals surface area contributed by atoms with Gasteiger partial charge in [-0.25, -0.2) is 0 Å². The average molecular weight is 209 g/mol. The summed E-state index contributed by atoms with van der Waals surface area (Å²) in [5.41, 5.74) is -2.77. The van der Waals surface area contributed by atoms with Gasteiger partial charge in [0, 0.05) is 13.1 Å². The number of likely N-dealkylation sites (tertiary alicyclic amines) is 1. The van der Waals surface area contributed by atoms with E-state index in [1.165, 1.54) is 0 Å². The maximum atomic E-state index is 12.3. The van der Waals surface area contributed by atoms with Crippen molar-refractivity contribution in [3.05, 3.63) is 12.2 Å². The van der Waals surface area contributed by atoms with Gasteiger partial charge in [-0.3, -0.25) is 0 Å². The third-order valence-corrected chi connectivity index (χ3v) is 2.72. The lowest BCUT2D eigenvalue weighted by Gasteiger charge is -2.38. The van der Waals surface area contributed by atoms with Gasteiger partial charge in [0.15, 0.2) is 0 Å². The van der Waals surface area contributed by atoms with Gasteiger partial charge >= 0.3 is 6.18 Å². The molecule has 1 saturated heterocycles. The van der Waals surface area contributed by atoms with Crippen LogP contribution in [-0.4, -0.2) is 41.9 Å². The molecule has 0 amide bonds. The number of piperidine rings is 1. The van der Waals surface area contributed by atoms with Crippen LogP contribution in [0.3, 0.4) is 0 Å². The molecule has 0 atom stereocenters. The molecule has 5 heteroatoms. The summed E-state index contributed by atoms with van der Waals surface area (Å²) in [4.78, 5) is 1.89. The van der Waals surface area contributed by atoms with Crippen LogP contribution < -0.4 is 0 Å². The molecular formula is C9H14F3NO. The molecule has 14 heavy (non-hydrogen) atoms. The normalized spacial score (nSPS) is 23.5. The van der Waals surface area contributed by atoms with Gasteiger partial charge in [0.1, 0.15) is 0 Å². The van der Waals surface area contributed by atoms with Gasteiger partial charge in [-0.05, 0) is 19.9 Å². The summed E-state index contributed by atoms with van der Waals surface area (Å²) in [5, 5.41) is 9.75. The fourth-order valence-corrected chi connectivity index (χ4v) is 1.55. The van der Waals surface area contributed by atoms with Crippen LogP contribution in [0.4, 0.5) is 13.2 Å². The number of hydrogen-bond acceptors (Lipinski definition) is 2. The molecule has 0 spiro atoms. The zero-order chi connectivity index (χ0) is 11.0. The Bertz CT molecular complexity index is 229. The van der Waals surface area contributed by atoms with Crippen molar-refractivity contribution in [1.29, 1.82) is 0 Å². The van der Waals surface area contributed by atoms with E-state index < -0.39 is 17.4 Å². The maximum absolute atomic E-state index is 12.3. The van der Waals surface area contributed by atoms with Crippen molar-refractivity contribution in [2.45, 2.75) is 24.6 Å². The quantitative estimate of drug-likeness (QED) is 0.662. The molecule has 0 aromatic heterocycles. The van der Waals surface area contributed by atoms with Crippen LogP contribution in [0.15, 0.2) is 12.2 Å². The molecule has 1 aliphatic rings.